The van der Waals surface area contributed by atoms with E-state index in [1.807, 2.05) is 0 Å². The number of carboxylic acid groups (broad SMARTS) is 1. The Bertz CT molecular complexity index is 469. The molecule has 1 aromatic rings. The molecule has 0 unspecified atom stereocenters. The summed E-state index contributed by atoms with van der Waals surface area (Å²) in [6, 6.07) is -0.285. The standard InChI is InChI=1S/C13H19N3O3/c1-16-8-9(7-14-16)12(17)15-11-6-4-2-3-5-10(11)13(18)19/h7-8,10-11H,2-6H2,1H3,(H,15,17)(H,18,19)/t10-,11+/m1/s1. The summed E-state index contributed by atoms with van der Waals surface area (Å²) in [5.74, 6) is -1.55. The molecule has 0 bridgehead atoms. The monoisotopic (exact) mass is 265 g/mol. The normalized spacial score (nSPS) is 23.6. The second kappa shape index (κ2) is 5.86. The lowest BCUT2D eigenvalue weighted by Gasteiger charge is -2.22. The quantitative estimate of drug-likeness (QED) is 0.804. The summed E-state index contributed by atoms with van der Waals surface area (Å²) in [5, 5.41) is 16.0. The molecule has 0 saturated heterocycles. The SMILES string of the molecule is Cn1cc(C(=O)N[C@H]2CCCCC[C@H]2C(=O)O)cn1. The van der Waals surface area contributed by atoms with E-state index in [0.717, 1.165) is 25.7 Å². The van der Waals surface area contributed by atoms with E-state index < -0.39 is 11.9 Å². The molecule has 6 nitrogen and oxygen atoms in total. The number of hydrogen-bond donors (Lipinski definition) is 2. The summed E-state index contributed by atoms with van der Waals surface area (Å²) < 4.78 is 1.55. The van der Waals surface area contributed by atoms with Crippen molar-refractivity contribution in [3.8, 4) is 0 Å². The van der Waals surface area contributed by atoms with Gasteiger partial charge in [0.05, 0.1) is 17.7 Å². The number of carbonyl (C=O) groups excluding carboxylic acids is 1. The van der Waals surface area contributed by atoms with Crippen molar-refractivity contribution in [2.45, 2.75) is 38.1 Å². The topological polar surface area (TPSA) is 84.2 Å². The summed E-state index contributed by atoms with van der Waals surface area (Å²) in [6.45, 7) is 0. The Hall–Kier alpha value is -1.85. The largest absolute Gasteiger partial charge is 0.481 e. The van der Waals surface area contributed by atoms with Crippen LogP contribution in [-0.4, -0.2) is 32.8 Å². The van der Waals surface area contributed by atoms with E-state index in [1.165, 1.54) is 6.20 Å². The molecule has 104 valence electrons. The van der Waals surface area contributed by atoms with Gasteiger partial charge in [0.15, 0.2) is 0 Å². The van der Waals surface area contributed by atoms with Gasteiger partial charge in [-0.2, -0.15) is 5.10 Å². The molecular formula is C13H19N3O3. The van der Waals surface area contributed by atoms with E-state index >= 15 is 0 Å². The van der Waals surface area contributed by atoms with E-state index in [1.54, 1.807) is 17.9 Å². The summed E-state index contributed by atoms with van der Waals surface area (Å²) >= 11 is 0. The average molecular weight is 265 g/mol. The molecule has 0 spiro atoms. The first-order valence-corrected chi connectivity index (χ1v) is 6.60. The Morgan fingerprint density at radius 1 is 1.37 bits per heavy atom. The maximum absolute atomic E-state index is 12.0. The number of aryl methyl sites for hydroxylation is 1. The Labute approximate surface area is 111 Å². The maximum Gasteiger partial charge on any atom is 0.308 e. The van der Waals surface area contributed by atoms with Crippen LogP contribution in [0, 0.1) is 5.92 Å². The van der Waals surface area contributed by atoms with Crippen molar-refractivity contribution in [2.24, 2.45) is 13.0 Å². The first-order valence-electron chi connectivity index (χ1n) is 6.60. The van der Waals surface area contributed by atoms with Gasteiger partial charge >= 0.3 is 5.97 Å². The Kier molecular flexibility index (Phi) is 4.19. The van der Waals surface area contributed by atoms with Crippen LogP contribution in [0.15, 0.2) is 12.4 Å². The predicted molar refractivity (Wildman–Crippen MR) is 68.7 cm³/mol. The molecule has 1 aliphatic rings. The molecular weight excluding hydrogens is 246 g/mol. The van der Waals surface area contributed by atoms with Crippen molar-refractivity contribution >= 4 is 11.9 Å². The zero-order valence-corrected chi connectivity index (χ0v) is 11.0. The number of amides is 1. The van der Waals surface area contributed by atoms with E-state index in [4.69, 9.17) is 0 Å². The van der Waals surface area contributed by atoms with Gasteiger partial charge in [-0.3, -0.25) is 14.3 Å². The molecule has 1 heterocycles. The first kappa shape index (κ1) is 13.6. The van der Waals surface area contributed by atoms with Gasteiger partial charge in [0.1, 0.15) is 0 Å². The number of carboxylic acids is 1. The molecule has 1 aromatic heterocycles. The van der Waals surface area contributed by atoms with Crippen molar-refractivity contribution in [1.29, 1.82) is 0 Å². The smallest absolute Gasteiger partial charge is 0.308 e. The second-order valence-electron chi connectivity index (χ2n) is 5.07. The zero-order chi connectivity index (χ0) is 13.8. The first-order chi connectivity index (χ1) is 9.08. The van der Waals surface area contributed by atoms with Crippen molar-refractivity contribution in [3.05, 3.63) is 18.0 Å². The van der Waals surface area contributed by atoms with E-state index in [2.05, 4.69) is 10.4 Å². The van der Waals surface area contributed by atoms with Crippen molar-refractivity contribution in [1.82, 2.24) is 15.1 Å². The van der Waals surface area contributed by atoms with Crippen molar-refractivity contribution in [3.63, 3.8) is 0 Å². The molecule has 0 radical (unpaired) electrons. The minimum atomic E-state index is -0.821. The Morgan fingerprint density at radius 3 is 2.74 bits per heavy atom. The highest BCUT2D eigenvalue weighted by molar-refractivity contribution is 5.94. The lowest BCUT2D eigenvalue weighted by molar-refractivity contribution is -0.142. The lowest BCUT2D eigenvalue weighted by atomic mass is 9.94. The van der Waals surface area contributed by atoms with Crippen LogP contribution in [0.5, 0.6) is 0 Å². The Morgan fingerprint density at radius 2 is 2.11 bits per heavy atom. The molecule has 2 N–H and O–H groups in total. The van der Waals surface area contributed by atoms with E-state index in [9.17, 15) is 14.7 Å². The number of hydrogen-bond acceptors (Lipinski definition) is 3. The molecule has 2 atom stereocenters. The molecule has 1 fully saturated rings. The summed E-state index contributed by atoms with van der Waals surface area (Å²) in [7, 11) is 1.74. The molecule has 2 rings (SSSR count). The number of nitrogens with zero attached hydrogens (tertiary/aromatic N) is 2. The number of aromatic nitrogens is 2. The molecule has 0 aliphatic heterocycles. The van der Waals surface area contributed by atoms with Crippen LogP contribution in [0.25, 0.3) is 0 Å². The molecule has 0 aromatic carbocycles. The van der Waals surface area contributed by atoms with Crippen molar-refractivity contribution < 1.29 is 14.7 Å². The number of aliphatic carboxylic acids is 1. The average Bonchev–Trinajstić information content (AvgIpc) is 2.65. The summed E-state index contributed by atoms with van der Waals surface area (Å²) in [4.78, 5) is 23.3. The van der Waals surface area contributed by atoms with Crippen molar-refractivity contribution in [2.75, 3.05) is 0 Å². The summed E-state index contributed by atoms with van der Waals surface area (Å²) in [6.07, 6.45) is 7.38. The zero-order valence-electron chi connectivity index (χ0n) is 11.0. The van der Waals surface area contributed by atoms with Crippen LogP contribution >= 0.6 is 0 Å². The molecule has 1 amide bonds. The molecule has 1 saturated carbocycles. The fourth-order valence-electron chi connectivity index (χ4n) is 2.57. The maximum atomic E-state index is 12.0. The third-order valence-corrected chi connectivity index (χ3v) is 3.62. The number of nitrogens with one attached hydrogen (secondary N) is 1. The van der Waals surface area contributed by atoms with Gasteiger partial charge in [0, 0.05) is 19.3 Å². The van der Waals surface area contributed by atoms with Crippen LogP contribution in [0.4, 0.5) is 0 Å². The number of carbonyl (C=O) groups is 2. The minimum absolute atomic E-state index is 0.244. The summed E-state index contributed by atoms with van der Waals surface area (Å²) in [5.41, 5.74) is 0.468. The fourth-order valence-corrected chi connectivity index (χ4v) is 2.57. The van der Waals surface area contributed by atoms with Crippen LogP contribution in [-0.2, 0) is 11.8 Å². The van der Waals surface area contributed by atoms with Gasteiger partial charge in [0.2, 0.25) is 0 Å². The molecule has 6 heteroatoms. The third kappa shape index (κ3) is 3.33. The van der Waals surface area contributed by atoms with Gasteiger partial charge in [-0.1, -0.05) is 19.3 Å². The van der Waals surface area contributed by atoms with Crippen LogP contribution in [0.3, 0.4) is 0 Å². The highest BCUT2D eigenvalue weighted by Gasteiger charge is 2.30. The van der Waals surface area contributed by atoms with E-state index in [-0.39, 0.29) is 11.9 Å². The third-order valence-electron chi connectivity index (χ3n) is 3.62. The fraction of sp³-hybridized carbons (Fsp3) is 0.615. The molecule has 1 aliphatic carbocycles. The molecule has 19 heavy (non-hydrogen) atoms. The van der Waals surface area contributed by atoms with Gasteiger partial charge in [-0.15, -0.1) is 0 Å². The second-order valence-corrected chi connectivity index (χ2v) is 5.07. The van der Waals surface area contributed by atoms with Crippen LogP contribution in [0.1, 0.15) is 42.5 Å². The van der Waals surface area contributed by atoms with Crippen LogP contribution < -0.4 is 5.32 Å². The number of rotatable bonds is 3. The van der Waals surface area contributed by atoms with Gasteiger partial charge in [-0.25, -0.2) is 0 Å². The predicted octanol–water partition coefficient (Wildman–Crippen LogP) is 1.18. The minimum Gasteiger partial charge on any atom is -0.481 e. The van der Waals surface area contributed by atoms with Gasteiger partial charge in [0.25, 0.3) is 5.91 Å². The van der Waals surface area contributed by atoms with Gasteiger partial charge < -0.3 is 10.4 Å². The highest BCUT2D eigenvalue weighted by Crippen LogP contribution is 2.24. The van der Waals surface area contributed by atoms with Crippen LogP contribution in [0.2, 0.25) is 0 Å². The highest BCUT2D eigenvalue weighted by atomic mass is 16.4. The Balaban J connectivity index is 2.06. The lowest BCUT2D eigenvalue weighted by Crippen LogP contribution is -2.42. The van der Waals surface area contributed by atoms with Gasteiger partial charge in [-0.05, 0) is 12.8 Å². The van der Waals surface area contributed by atoms with E-state index in [0.29, 0.717) is 12.0 Å².